The number of sulfonamides is 1. The van der Waals surface area contributed by atoms with Gasteiger partial charge in [-0.1, -0.05) is 12.1 Å². The van der Waals surface area contributed by atoms with Crippen molar-refractivity contribution in [3.05, 3.63) is 24.4 Å². The first-order chi connectivity index (χ1) is 14.6. The summed E-state index contributed by atoms with van der Waals surface area (Å²) in [6.07, 6.45) is 5.35. The second-order valence-electron chi connectivity index (χ2n) is 9.19. The van der Waals surface area contributed by atoms with Crippen molar-refractivity contribution in [3.63, 3.8) is 0 Å². The molecule has 0 unspecified atom stereocenters. The highest BCUT2D eigenvalue weighted by molar-refractivity contribution is 7.92. The third-order valence-electron chi connectivity index (χ3n) is 6.68. The van der Waals surface area contributed by atoms with Crippen LogP contribution in [-0.2, 0) is 19.9 Å². The highest BCUT2D eigenvalue weighted by Crippen LogP contribution is 2.43. The molecule has 3 aliphatic heterocycles. The molecule has 11 heteroatoms. The Morgan fingerprint density at radius 2 is 1.90 bits per heavy atom. The number of rotatable bonds is 4. The lowest BCUT2D eigenvalue weighted by molar-refractivity contribution is 0.331. The van der Waals surface area contributed by atoms with Crippen LogP contribution in [0.25, 0.3) is 10.9 Å². The normalized spacial score (nSPS) is 23.8. The summed E-state index contributed by atoms with van der Waals surface area (Å²) >= 11 is 0. The number of fused-ring (bicyclic) bond motifs is 1. The zero-order chi connectivity index (χ0) is 21.9. The van der Waals surface area contributed by atoms with Gasteiger partial charge in [-0.05, 0) is 25.3 Å². The lowest BCUT2D eigenvalue weighted by atomic mass is 9.91. The number of para-hydroxylation sites is 1. The summed E-state index contributed by atoms with van der Waals surface area (Å²) in [6, 6.07) is 6.12. The zero-order valence-corrected chi connectivity index (χ0v) is 19.1. The minimum atomic E-state index is -3.15. The minimum absolute atomic E-state index is 0.108. The molecule has 0 amide bonds. The minimum Gasteiger partial charge on any atom is -0.369 e. The Morgan fingerprint density at radius 1 is 1.16 bits per heavy atom. The van der Waals surface area contributed by atoms with E-state index in [4.69, 9.17) is 4.98 Å². The van der Waals surface area contributed by atoms with E-state index in [0.717, 1.165) is 36.1 Å². The van der Waals surface area contributed by atoms with Crippen molar-refractivity contribution in [2.45, 2.75) is 25.3 Å². The molecule has 1 N–H and O–H groups in total. The van der Waals surface area contributed by atoms with Crippen molar-refractivity contribution in [2.24, 2.45) is 5.41 Å². The molecule has 31 heavy (non-hydrogen) atoms. The van der Waals surface area contributed by atoms with E-state index in [1.807, 2.05) is 18.2 Å². The first kappa shape index (κ1) is 20.9. The van der Waals surface area contributed by atoms with Crippen LogP contribution in [0.4, 0.5) is 11.6 Å². The van der Waals surface area contributed by atoms with Crippen LogP contribution in [0.1, 0.15) is 19.3 Å². The maximum Gasteiger partial charge on any atom is 0.223 e. The van der Waals surface area contributed by atoms with Crippen molar-refractivity contribution in [1.29, 1.82) is 0 Å². The van der Waals surface area contributed by atoms with Crippen molar-refractivity contribution in [3.8, 4) is 0 Å². The van der Waals surface area contributed by atoms with Gasteiger partial charge in [0.25, 0.3) is 0 Å². The lowest BCUT2D eigenvalue weighted by Gasteiger charge is -2.37. The Morgan fingerprint density at radius 3 is 2.58 bits per heavy atom. The molecule has 0 saturated carbocycles. The van der Waals surface area contributed by atoms with Gasteiger partial charge in [-0.3, -0.25) is 0 Å². The second kappa shape index (κ2) is 7.28. The average Bonchev–Trinajstić information content (AvgIpc) is 3.10. The highest BCUT2D eigenvalue weighted by Gasteiger charge is 2.52. The summed E-state index contributed by atoms with van der Waals surface area (Å²) < 4.78 is 48.4. The fourth-order valence-electron chi connectivity index (χ4n) is 5.15. The first-order valence-corrected chi connectivity index (χ1v) is 14.2. The third kappa shape index (κ3) is 4.10. The Bertz CT molecular complexity index is 1210. The van der Waals surface area contributed by atoms with E-state index in [0.29, 0.717) is 31.9 Å². The molecule has 168 valence electrons. The Kier molecular flexibility index (Phi) is 4.91. The fourth-order valence-corrected chi connectivity index (χ4v) is 8.27. The summed E-state index contributed by atoms with van der Waals surface area (Å²) in [4.78, 5) is 11.5. The molecular formula is C20H27N5O4S2. The number of nitrogens with one attached hydrogen (secondary N) is 1. The predicted octanol–water partition coefficient (Wildman–Crippen LogP) is 1.09. The van der Waals surface area contributed by atoms with Gasteiger partial charge >= 0.3 is 0 Å². The van der Waals surface area contributed by atoms with E-state index in [2.05, 4.69) is 15.2 Å². The van der Waals surface area contributed by atoms with Crippen molar-refractivity contribution in [2.75, 3.05) is 54.2 Å². The molecule has 0 aliphatic carbocycles. The quantitative estimate of drug-likeness (QED) is 0.714. The number of aromatic nitrogens is 2. The van der Waals surface area contributed by atoms with E-state index >= 15 is 0 Å². The van der Waals surface area contributed by atoms with E-state index in [-0.39, 0.29) is 23.0 Å². The molecule has 0 atom stereocenters. The van der Waals surface area contributed by atoms with Crippen LogP contribution in [0.2, 0.25) is 0 Å². The third-order valence-corrected chi connectivity index (χ3v) is 10.1. The summed E-state index contributed by atoms with van der Waals surface area (Å²) in [6.45, 7) is 2.55. The Labute approximate surface area is 182 Å². The predicted molar refractivity (Wildman–Crippen MR) is 121 cm³/mol. The maximum absolute atomic E-state index is 11.7. The molecule has 1 aromatic carbocycles. The van der Waals surface area contributed by atoms with Gasteiger partial charge in [0, 0.05) is 49.2 Å². The summed E-state index contributed by atoms with van der Waals surface area (Å²) in [5, 5.41) is 4.31. The monoisotopic (exact) mass is 465 g/mol. The van der Waals surface area contributed by atoms with Gasteiger partial charge in [-0.2, -0.15) is 0 Å². The number of nitrogens with zero attached hydrogens (tertiary/aromatic N) is 4. The number of hydrogen-bond donors (Lipinski definition) is 1. The number of hydrogen-bond acceptors (Lipinski definition) is 8. The molecule has 3 saturated heterocycles. The van der Waals surface area contributed by atoms with Crippen LogP contribution in [0.5, 0.6) is 0 Å². The largest absolute Gasteiger partial charge is 0.369 e. The topological polar surface area (TPSA) is 113 Å². The first-order valence-electron chi connectivity index (χ1n) is 10.6. The van der Waals surface area contributed by atoms with Crippen LogP contribution in [0.3, 0.4) is 0 Å². The van der Waals surface area contributed by atoms with Gasteiger partial charge in [0.05, 0.1) is 29.0 Å². The number of sulfone groups is 1. The summed E-state index contributed by atoms with van der Waals surface area (Å²) in [7, 11) is -6.01. The smallest absolute Gasteiger partial charge is 0.223 e. The van der Waals surface area contributed by atoms with E-state index < -0.39 is 19.9 Å². The molecule has 1 aromatic heterocycles. The van der Waals surface area contributed by atoms with E-state index in [1.165, 1.54) is 10.6 Å². The van der Waals surface area contributed by atoms with E-state index in [1.54, 1.807) is 6.20 Å². The molecule has 2 aromatic rings. The zero-order valence-electron chi connectivity index (χ0n) is 17.5. The summed E-state index contributed by atoms with van der Waals surface area (Å²) in [5.74, 6) is 1.11. The Balaban J connectivity index is 1.33. The van der Waals surface area contributed by atoms with Gasteiger partial charge < -0.3 is 10.2 Å². The molecule has 4 heterocycles. The molecule has 0 bridgehead atoms. The molecule has 3 fully saturated rings. The van der Waals surface area contributed by atoms with E-state index in [9.17, 15) is 16.8 Å². The average molecular weight is 466 g/mol. The molecular weight excluding hydrogens is 438 g/mol. The van der Waals surface area contributed by atoms with Gasteiger partial charge in [0.1, 0.15) is 0 Å². The van der Waals surface area contributed by atoms with Crippen LogP contribution in [-0.4, -0.2) is 81.1 Å². The molecule has 9 nitrogen and oxygen atoms in total. The molecule has 0 radical (unpaired) electrons. The Hall–Kier alpha value is -1.98. The van der Waals surface area contributed by atoms with Gasteiger partial charge in [-0.25, -0.2) is 31.1 Å². The standard InChI is InChI=1S/C20H27N5O4S2/c1-30(26,27)25-8-5-16(6-9-25)22-19-21-11-15-3-2-4-17(18(15)23-19)24-10-7-20(12-24)13-31(28,29)14-20/h2-4,11,16H,5-10,12-14H2,1H3,(H,21,22,23). The van der Waals surface area contributed by atoms with Crippen LogP contribution >= 0.6 is 0 Å². The molecule has 5 rings (SSSR count). The van der Waals surface area contributed by atoms with Crippen LogP contribution in [0.15, 0.2) is 24.4 Å². The summed E-state index contributed by atoms with van der Waals surface area (Å²) in [5.41, 5.74) is 1.76. The van der Waals surface area contributed by atoms with Crippen molar-refractivity contribution in [1.82, 2.24) is 14.3 Å². The number of anilines is 2. The maximum atomic E-state index is 11.7. The molecule has 1 spiro atoms. The molecule has 3 aliphatic rings. The van der Waals surface area contributed by atoms with Gasteiger partial charge in [0.15, 0.2) is 9.84 Å². The van der Waals surface area contributed by atoms with Gasteiger partial charge in [0.2, 0.25) is 16.0 Å². The lowest BCUT2D eigenvalue weighted by Crippen LogP contribution is -2.50. The second-order valence-corrected chi connectivity index (χ2v) is 13.2. The van der Waals surface area contributed by atoms with Crippen LogP contribution in [0, 0.1) is 5.41 Å². The van der Waals surface area contributed by atoms with Gasteiger partial charge in [-0.15, -0.1) is 0 Å². The number of benzene rings is 1. The SMILES string of the molecule is CS(=O)(=O)N1CCC(Nc2ncc3cccc(N4CCC5(C4)CS(=O)(=O)C5)c3n2)CC1. The van der Waals surface area contributed by atoms with Crippen LogP contribution < -0.4 is 10.2 Å². The number of piperidine rings is 1. The highest BCUT2D eigenvalue weighted by atomic mass is 32.2. The fraction of sp³-hybridized carbons (Fsp3) is 0.600. The van der Waals surface area contributed by atoms with Crippen molar-refractivity contribution >= 4 is 42.4 Å². The van der Waals surface area contributed by atoms with Crippen molar-refractivity contribution < 1.29 is 16.8 Å².